The molecule has 0 unspecified atom stereocenters. The minimum Gasteiger partial charge on any atom is -0.361 e. The van der Waals surface area contributed by atoms with Crippen LogP contribution in [0.4, 0.5) is 0 Å². The van der Waals surface area contributed by atoms with Gasteiger partial charge < -0.3 is 10.2 Å². The van der Waals surface area contributed by atoms with E-state index in [-0.39, 0.29) is 5.91 Å². The van der Waals surface area contributed by atoms with Gasteiger partial charge in [-0.15, -0.1) is 12.6 Å². The van der Waals surface area contributed by atoms with Gasteiger partial charge in [0.25, 0.3) is 5.91 Å². The van der Waals surface area contributed by atoms with Crippen LogP contribution in [0.15, 0.2) is 64.9 Å². The van der Waals surface area contributed by atoms with Crippen LogP contribution < -0.4 is 5.32 Å². The molecule has 1 aromatic rings. The lowest BCUT2D eigenvalue weighted by Gasteiger charge is -2.34. The molecule has 0 spiro atoms. The van der Waals surface area contributed by atoms with Gasteiger partial charge in [-0.25, -0.2) is 0 Å². The predicted octanol–water partition coefficient (Wildman–Crippen LogP) is 4.13. The van der Waals surface area contributed by atoms with Crippen molar-refractivity contribution in [1.29, 1.82) is 0 Å². The van der Waals surface area contributed by atoms with E-state index in [1.165, 1.54) is 0 Å². The zero-order valence-electron chi connectivity index (χ0n) is 14.1. The van der Waals surface area contributed by atoms with Gasteiger partial charge in [0.2, 0.25) is 0 Å². The molecule has 0 saturated heterocycles. The van der Waals surface area contributed by atoms with Crippen molar-refractivity contribution in [2.45, 2.75) is 39.8 Å². The van der Waals surface area contributed by atoms with Gasteiger partial charge >= 0.3 is 0 Å². The molecule has 0 heterocycles. The third-order valence-electron chi connectivity index (χ3n) is 3.70. The number of amides is 1. The molecule has 1 aromatic carbocycles. The van der Waals surface area contributed by atoms with Crippen LogP contribution in [-0.4, -0.2) is 22.9 Å². The van der Waals surface area contributed by atoms with Gasteiger partial charge in [-0.05, 0) is 45.9 Å². The zero-order chi connectivity index (χ0) is 17.0. The van der Waals surface area contributed by atoms with Crippen LogP contribution in [0.25, 0.3) is 0 Å². The monoisotopic (exact) mass is 328 g/mol. The molecule has 0 aliphatic heterocycles. The van der Waals surface area contributed by atoms with Gasteiger partial charge in [0.1, 0.15) is 0 Å². The number of thiol groups is 1. The predicted molar refractivity (Wildman–Crippen MR) is 99.3 cm³/mol. The quantitative estimate of drug-likeness (QED) is 0.797. The first kappa shape index (κ1) is 17.4. The first-order chi connectivity index (χ1) is 10.9. The van der Waals surface area contributed by atoms with Crippen molar-refractivity contribution < 1.29 is 4.79 Å². The van der Waals surface area contributed by atoms with Crippen molar-refractivity contribution in [2.75, 3.05) is 0 Å². The van der Waals surface area contributed by atoms with Crippen LogP contribution in [0.5, 0.6) is 0 Å². The molecule has 1 N–H and O–H groups in total. The molecule has 0 bridgehead atoms. The van der Waals surface area contributed by atoms with E-state index >= 15 is 0 Å². The molecule has 0 atom stereocenters. The maximum Gasteiger partial charge on any atom is 0.255 e. The van der Waals surface area contributed by atoms with Crippen LogP contribution >= 0.6 is 12.6 Å². The SMILES string of the molecule is CC(C)N(/C(S)=C1/C=CC=C1NC(=O)c1ccccc1)C(C)C. The van der Waals surface area contributed by atoms with E-state index in [2.05, 4.69) is 37.9 Å². The highest BCUT2D eigenvalue weighted by molar-refractivity contribution is 7.84. The van der Waals surface area contributed by atoms with Crippen LogP contribution in [0.3, 0.4) is 0 Å². The van der Waals surface area contributed by atoms with Crippen LogP contribution in [0.1, 0.15) is 38.1 Å². The molecule has 2 rings (SSSR count). The first-order valence-electron chi connectivity index (χ1n) is 7.88. The van der Waals surface area contributed by atoms with Crippen molar-refractivity contribution in [3.8, 4) is 0 Å². The average molecular weight is 328 g/mol. The van der Waals surface area contributed by atoms with E-state index in [1.807, 2.05) is 36.4 Å². The molecule has 0 aromatic heterocycles. The van der Waals surface area contributed by atoms with Gasteiger partial charge in [-0.3, -0.25) is 4.79 Å². The van der Waals surface area contributed by atoms with Crippen LogP contribution in [0.2, 0.25) is 0 Å². The molecule has 122 valence electrons. The maximum atomic E-state index is 12.4. The molecule has 0 radical (unpaired) electrons. The smallest absolute Gasteiger partial charge is 0.255 e. The number of carbonyl (C=O) groups is 1. The lowest BCUT2D eigenvalue weighted by molar-refractivity contribution is 0.0967. The van der Waals surface area contributed by atoms with E-state index in [0.717, 1.165) is 16.3 Å². The highest BCUT2D eigenvalue weighted by atomic mass is 32.1. The van der Waals surface area contributed by atoms with Crippen molar-refractivity contribution in [3.63, 3.8) is 0 Å². The Balaban J connectivity index is 2.24. The minimum atomic E-state index is -0.111. The number of nitrogens with zero attached hydrogens (tertiary/aromatic N) is 1. The molecule has 0 saturated carbocycles. The molecular formula is C19H24N2OS. The van der Waals surface area contributed by atoms with E-state index in [1.54, 1.807) is 12.1 Å². The lowest BCUT2D eigenvalue weighted by Crippen LogP contribution is -2.36. The van der Waals surface area contributed by atoms with Crippen molar-refractivity contribution in [1.82, 2.24) is 10.2 Å². The standard InChI is InChI=1S/C19H24N2OS/c1-13(2)21(14(3)4)19(23)16-11-8-12-17(16)20-18(22)15-9-6-5-7-10-15/h5-14,23H,1-4H3,(H,20,22)/b19-16+. The molecule has 23 heavy (non-hydrogen) atoms. The number of allylic oxidation sites excluding steroid dienone is 3. The van der Waals surface area contributed by atoms with Crippen LogP contribution in [0, 0.1) is 0 Å². The molecule has 1 aliphatic carbocycles. The summed E-state index contributed by atoms with van der Waals surface area (Å²) < 4.78 is 0. The Kier molecular flexibility index (Phi) is 5.72. The summed E-state index contributed by atoms with van der Waals surface area (Å²) in [6, 6.07) is 9.88. The van der Waals surface area contributed by atoms with E-state index in [9.17, 15) is 4.79 Å². The largest absolute Gasteiger partial charge is 0.361 e. The summed E-state index contributed by atoms with van der Waals surface area (Å²) in [6.45, 7) is 8.56. The second kappa shape index (κ2) is 7.55. The topological polar surface area (TPSA) is 32.3 Å². The van der Waals surface area contributed by atoms with Crippen LogP contribution in [-0.2, 0) is 0 Å². The summed E-state index contributed by atoms with van der Waals surface area (Å²) in [5.41, 5.74) is 2.38. The summed E-state index contributed by atoms with van der Waals surface area (Å²) in [7, 11) is 0. The molecule has 4 heteroatoms. The van der Waals surface area contributed by atoms with Crippen molar-refractivity contribution in [3.05, 3.63) is 70.4 Å². The molecule has 1 aliphatic rings. The lowest BCUT2D eigenvalue weighted by atomic mass is 10.1. The summed E-state index contributed by atoms with van der Waals surface area (Å²) in [6.07, 6.45) is 5.83. The van der Waals surface area contributed by atoms with Crippen molar-refractivity contribution >= 4 is 18.5 Å². The number of rotatable bonds is 5. The number of hydrogen-bond donors (Lipinski definition) is 2. The highest BCUT2D eigenvalue weighted by Gasteiger charge is 2.21. The number of carbonyl (C=O) groups excluding carboxylic acids is 1. The Morgan fingerprint density at radius 3 is 2.26 bits per heavy atom. The highest BCUT2D eigenvalue weighted by Crippen LogP contribution is 2.28. The average Bonchev–Trinajstić information content (AvgIpc) is 2.95. The number of benzene rings is 1. The number of hydrogen-bond acceptors (Lipinski definition) is 3. The molecule has 3 nitrogen and oxygen atoms in total. The first-order valence-corrected chi connectivity index (χ1v) is 8.33. The Bertz CT molecular complexity index is 649. The minimum absolute atomic E-state index is 0.111. The maximum absolute atomic E-state index is 12.4. The van der Waals surface area contributed by atoms with Gasteiger partial charge in [0, 0.05) is 23.2 Å². The molecular weight excluding hydrogens is 304 g/mol. The third-order valence-corrected chi connectivity index (χ3v) is 4.17. The van der Waals surface area contributed by atoms with Gasteiger partial charge in [-0.2, -0.15) is 0 Å². The summed E-state index contributed by atoms with van der Waals surface area (Å²) in [5, 5.41) is 3.86. The van der Waals surface area contributed by atoms with Gasteiger partial charge in [0.15, 0.2) is 0 Å². The summed E-state index contributed by atoms with van der Waals surface area (Å²) in [5.74, 6) is -0.111. The molecule has 0 fully saturated rings. The van der Waals surface area contributed by atoms with E-state index in [0.29, 0.717) is 17.6 Å². The van der Waals surface area contributed by atoms with Gasteiger partial charge in [0.05, 0.1) is 10.7 Å². The normalized spacial score (nSPS) is 15.9. The molecule has 1 amide bonds. The Morgan fingerprint density at radius 2 is 1.70 bits per heavy atom. The summed E-state index contributed by atoms with van der Waals surface area (Å²) >= 11 is 4.73. The Morgan fingerprint density at radius 1 is 1.09 bits per heavy atom. The van der Waals surface area contributed by atoms with E-state index in [4.69, 9.17) is 12.6 Å². The second-order valence-corrected chi connectivity index (χ2v) is 6.52. The fourth-order valence-electron chi connectivity index (χ4n) is 2.73. The van der Waals surface area contributed by atoms with Gasteiger partial charge in [-0.1, -0.05) is 30.4 Å². The Labute approximate surface area is 144 Å². The fourth-order valence-corrected chi connectivity index (χ4v) is 3.39. The van der Waals surface area contributed by atoms with E-state index < -0.39 is 0 Å². The number of nitrogens with one attached hydrogen (secondary N) is 1. The summed E-state index contributed by atoms with van der Waals surface area (Å²) in [4.78, 5) is 14.6. The second-order valence-electron chi connectivity index (χ2n) is 6.09. The fraction of sp³-hybridized carbons (Fsp3) is 0.316. The van der Waals surface area contributed by atoms with Crippen molar-refractivity contribution in [2.24, 2.45) is 0 Å². The Hall–Kier alpha value is -1.94. The third kappa shape index (κ3) is 4.08. The zero-order valence-corrected chi connectivity index (χ0v) is 15.0.